The maximum Gasteiger partial charge on any atom is 0.254 e. The van der Waals surface area contributed by atoms with E-state index in [2.05, 4.69) is 49.1 Å². The van der Waals surface area contributed by atoms with Crippen molar-refractivity contribution >= 4 is 22.9 Å². The third-order valence-electron chi connectivity index (χ3n) is 7.15. The molecule has 0 saturated carbocycles. The van der Waals surface area contributed by atoms with Crippen LogP contribution in [0.3, 0.4) is 0 Å². The number of hydrogen-bond donors (Lipinski definition) is 3. The molecule has 37 heavy (non-hydrogen) atoms. The van der Waals surface area contributed by atoms with Crippen LogP contribution in [-0.2, 0) is 6.54 Å². The zero-order chi connectivity index (χ0) is 26.1. The summed E-state index contributed by atoms with van der Waals surface area (Å²) in [5, 5.41) is 17.4. The Hall–Kier alpha value is -3.98. The second kappa shape index (κ2) is 10.2. The second-order valence-corrected chi connectivity index (χ2v) is 9.63. The van der Waals surface area contributed by atoms with Gasteiger partial charge in [0.05, 0.1) is 17.0 Å². The Labute approximate surface area is 216 Å². The number of pyridine rings is 1. The fourth-order valence-electron chi connectivity index (χ4n) is 5.18. The van der Waals surface area contributed by atoms with Gasteiger partial charge in [-0.25, -0.2) is 9.97 Å². The summed E-state index contributed by atoms with van der Waals surface area (Å²) >= 11 is 0. The number of anilines is 1. The van der Waals surface area contributed by atoms with Crippen molar-refractivity contribution in [2.24, 2.45) is 0 Å². The molecule has 3 aromatic heterocycles. The van der Waals surface area contributed by atoms with Crippen molar-refractivity contribution < 1.29 is 9.90 Å². The van der Waals surface area contributed by atoms with Gasteiger partial charge >= 0.3 is 0 Å². The van der Waals surface area contributed by atoms with Crippen molar-refractivity contribution in [1.29, 1.82) is 0 Å². The molecule has 5 rings (SSSR count). The van der Waals surface area contributed by atoms with Gasteiger partial charge in [0.25, 0.3) is 5.91 Å². The molecule has 0 bridgehead atoms. The summed E-state index contributed by atoms with van der Waals surface area (Å²) in [6.07, 6.45) is 1.77. The molecule has 1 fully saturated rings. The SMILES string of the molecule is Cc1cc(C)c(CNC(=O)c2c(C)n(C(C)c3ccccc3)c3nc(N4CCNCC4)ncc23)c(O)n1. The van der Waals surface area contributed by atoms with Crippen molar-refractivity contribution in [3.8, 4) is 5.88 Å². The maximum atomic E-state index is 13.6. The molecule has 9 nitrogen and oxygen atoms in total. The van der Waals surface area contributed by atoms with Crippen molar-refractivity contribution in [1.82, 2.24) is 30.2 Å². The van der Waals surface area contributed by atoms with Gasteiger partial charge in [-0.2, -0.15) is 4.98 Å². The topological polar surface area (TPSA) is 108 Å². The third-order valence-corrected chi connectivity index (χ3v) is 7.15. The summed E-state index contributed by atoms with van der Waals surface area (Å²) in [5.74, 6) is 0.379. The summed E-state index contributed by atoms with van der Waals surface area (Å²) in [6, 6.07) is 12.1. The molecule has 9 heteroatoms. The average Bonchev–Trinajstić information content (AvgIpc) is 3.19. The van der Waals surface area contributed by atoms with Crippen LogP contribution in [0.4, 0.5) is 5.95 Å². The predicted octanol–water partition coefficient (Wildman–Crippen LogP) is 3.41. The molecule has 192 valence electrons. The molecular weight excluding hydrogens is 466 g/mol. The third kappa shape index (κ3) is 4.74. The molecule has 1 saturated heterocycles. The van der Waals surface area contributed by atoms with Gasteiger partial charge in [-0.05, 0) is 44.9 Å². The van der Waals surface area contributed by atoms with Crippen LogP contribution < -0.4 is 15.5 Å². The molecule has 1 atom stereocenters. The summed E-state index contributed by atoms with van der Waals surface area (Å²) in [4.78, 5) is 29.6. The van der Waals surface area contributed by atoms with Crippen LogP contribution in [0.15, 0.2) is 42.6 Å². The van der Waals surface area contributed by atoms with Gasteiger partial charge in [0, 0.05) is 55.9 Å². The quantitative estimate of drug-likeness (QED) is 0.373. The number of carbonyl (C=O) groups excluding carboxylic acids is 1. The fraction of sp³-hybridized carbons (Fsp3) is 0.357. The smallest absolute Gasteiger partial charge is 0.254 e. The van der Waals surface area contributed by atoms with E-state index in [1.54, 1.807) is 6.20 Å². The first-order valence-electron chi connectivity index (χ1n) is 12.7. The van der Waals surface area contributed by atoms with Crippen LogP contribution >= 0.6 is 0 Å². The predicted molar refractivity (Wildman–Crippen MR) is 144 cm³/mol. The van der Waals surface area contributed by atoms with E-state index >= 15 is 0 Å². The summed E-state index contributed by atoms with van der Waals surface area (Å²) in [6.45, 7) is 11.4. The minimum Gasteiger partial charge on any atom is -0.493 e. The molecule has 3 N–H and O–H groups in total. The number of rotatable bonds is 6. The number of benzene rings is 1. The maximum absolute atomic E-state index is 13.6. The van der Waals surface area contributed by atoms with Crippen LogP contribution in [0.25, 0.3) is 11.0 Å². The summed E-state index contributed by atoms with van der Waals surface area (Å²) in [5.41, 5.74) is 5.44. The lowest BCUT2D eigenvalue weighted by Crippen LogP contribution is -2.44. The van der Waals surface area contributed by atoms with E-state index < -0.39 is 0 Å². The second-order valence-electron chi connectivity index (χ2n) is 9.63. The van der Waals surface area contributed by atoms with Crippen molar-refractivity contribution in [3.63, 3.8) is 0 Å². The lowest BCUT2D eigenvalue weighted by Gasteiger charge is -2.27. The molecule has 0 aliphatic carbocycles. The Morgan fingerprint density at radius 1 is 1.14 bits per heavy atom. The largest absolute Gasteiger partial charge is 0.493 e. The minimum absolute atomic E-state index is 0.0383. The van der Waals surface area contributed by atoms with Gasteiger partial charge in [0.1, 0.15) is 5.65 Å². The normalized spacial score (nSPS) is 14.6. The first kappa shape index (κ1) is 24.7. The molecular formula is C28H33N7O2. The lowest BCUT2D eigenvalue weighted by atomic mass is 10.1. The zero-order valence-electron chi connectivity index (χ0n) is 21.7. The number of nitrogens with one attached hydrogen (secondary N) is 2. The van der Waals surface area contributed by atoms with Gasteiger partial charge < -0.3 is 25.2 Å². The standard InChI is InChI=1S/C28H33N7O2/c1-17-14-18(2)32-26(36)22(17)15-30-27(37)24-20(4)35(19(3)21-8-6-5-7-9-21)25-23(24)16-31-28(33-25)34-12-10-29-11-13-34/h5-9,14,16,19,29H,10-13,15H2,1-4H3,(H,30,37)(H,32,36). The van der Waals surface area contributed by atoms with E-state index in [9.17, 15) is 9.90 Å². The highest BCUT2D eigenvalue weighted by Gasteiger charge is 2.26. The number of aromatic hydroxyl groups is 1. The molecule has 1 aromatic carbocycles. The fourth-order valence-corrected chi connectivity index (χ4v) is 5.18. The number of carbonyl (C=O) groups is 1. The van der Waals surface area contributed by atoms with Crippen LogP contribution in [0.1, 0.15) is 51.4 Å². The average molecular weight is 500 g/mol. The van der Waals surface area contributed by atoms with E-state index in [1.807, 2.05) is 45.0 Å². The monoisotopic (exact) mass is 499 g/mol. The number of hydrogen-bond acceptors (Lipinski definition) is 7. The van der Waals surface area contributed by atoms with E-state index in [0.29, 0.717) is 22.5 Å². The van der Waals surface area contributed by atoms with E-state index in [-0.39, 0.29) is 24.4 Å². The summed E-state index contributed by atoms with van der Waals surface area (Å²) < 4.78 is 2.13. The molecule has 4 heterocycles. The van der Waals surface area contributed by atoms with Crippen molar-refractivity contribution in [3.05, 3.63) is 76.2 Å². The Morgan fingerprint density at radius 3 is 2.57 bits per heavy atom. The van der Waals surface area contributed by atoms with Gasteiger partial charge in [0.2, 0.25) is 11.8 Å². The van der Waals surface area contributed by atoms with E-state index in [4.69, 9.17) is 4.98 Å². The van der Waals surface area contributed by atoms with Crippen LogP contribution in [0.5, 0.6) is 5.88 Å². The highest BCUT2D eigenvalue weighted by atomic mass is 16.3. The van der Waals surface area contributed by atoms with E-state index in [1.165, 1.54) is 0 Å². The highest BCUT2D eigenvalue weighted by molar-refractivity contribution is 6.07. The van der Waals surface area contributed by atoms with Crippen LogP contribution in [-0.4, -0.2) is 56.7 Å². The van der Waals surface area contributed by atoms with Gasteiger partial charge in [-0.15, -0.1) is 0 Å². The molecule has 1 unspecified atom stereocenters. The highest BCUT2D eigenvalue weighted by Crippen LogP contribution is 2.32. The van der Waals surface area contributed by atoms with Gasteiger partial charge in [0.15, 0.2) is 0 Å². The Balaban J connectivity index is 1.56. The number of fused-ring (bicyclic) bond motifs is 1. The zero-order valence-corrected chi connectivity index (χ0v) is 21.7. The molecule has 1 aliphatic rings. The first-order chi connectivity index (χ1) is 17.8. The summed E-state index contributed by atoms with van der Waals surface area (Å²) in [7, 11) is 0. The van der Waals surface area contributed by atoms with Crippen LogP contribution in [0.2, 0.25) is 0 Å². The lowest BCUT2D eigenvalue weighted by molar-refractivity contribution is 0.0951. The van der Waals surface area contributed by atoms with Gasteiger partial charge in [-0.3, -0.25) is 4.79 Å². The van der Waals surface area contributed by atoms with Crippen LogP contribution in [0, 0.1) is 20.8 Å². The molecule has 1 amide bonds. The Bertz CT molecular complexity index is 1420. The molecule has 1 aliphatic heterocycles. The molecule has 0 radical (unpaired) electrons. The number of nitrogens with zero attached hydrogens (tertiary/aromatic N) is 5. The Kier molecular flexibility index (Phi) is 6.80. The number of aryl methyl sites for hydroxylation is 2. The van der Waals surface area contributed by atoms with Crippen molar-refractivity contribution in [2.75, 3.05) is 31.1 Å². The van der Waals surface area contributed by atoms with E-state index in [0.717, 1.165) is 54.3 Å². The first-order valence-corrected chi connectivity index (χ1v) is 12.7. The number of amides is 1. The van der Waals surface area contributed by atoms with Crippen molar-refractivity contribution in [2.45, 2.75) is 40.3 Å². The van der Waals surface area contributed by atoms with Gasteiger partial charge in [-0.1, -0.05) is 30.3 Å². The number of piperazine rings is 1. The molecule has 0 spiro atoms. The Morgan fingerprint density at radius 2 is 1.86 bits per heavy atom. The minimum atomic E-state index is -0.237. The molecule has 4 aromatic rings. The number of aromatic nitrogens is 4.